The zero-order chi connectivity index (χ0) is 17.0. The molecule has 2 aromatic rings. The number of carbonyl (C=O) groups is 1. The summed E-state index contributed by atoms with van der Waals surface area (Å²) in [5, 5.41) is 5.81. The van der Waals surface area contributed by atoms with Gasteiger partial charge >= 0.3 is 0 Å². The fraction of sp³-hybridized carbons (Fsp3) is 0.412. The molecule has 0 radical (unpaired) electrons. The molecule has 2 rings (SSSR count). The maximum absolute atomic E-state index is 12.4. The zero-order valence-corrected chi connectivity index (χ0v) is 13.8. The lowest BCUT2D eigenvalue weighted by atomic mass is 9.93. The highest BCUT2D eigenvalue weighted by atomic mass is 16.2. The normalized spacial score (nSPS) is 11.5. The fourth-order valence-corrected chi connectivity index (χ4v) is 2.47. The number of benzene rings is 1. The Morgan fingerprint density at radius 2 is 1.87 bits per heavy atom. The number of nitrogens with zero attached hydrogens (tertiary/aromatic N) is 1. The number of carbonyl (C=O) groups excluding carboxylic acids is 1. The molecule has 0 unspecified atom stereocenters. The smallest absolute Gasteiger partial charge is 0.271 e. The highest BCUT2D eigenvalue weighted by Gasteiger charge is 2.27. The molecule has 1 amide bonds. The number of rotatable bonds is 6. The molecular formula is C17H24N4O2. The predicted molar refractivity (Wildman–Crippen MR) is 91.0 cm³/mol. The van der Waals surface area contributed by atoms with Gasteiger partial charge < -0.3 is 11.1 Å². The van der Waals surface area contributed by atoms with E-state index >= 15 is 0 Å². The van der Waals surface area contributed by atoms with E-state index in [2.05, 4.69) is 10.4 Å². The first-order valence-electron chi connectivity index (χ1n) is 7.86. The van der Waals surface area contributed by atoms with Gasteiger partial charge in [-0.3, -0.25) is 14.7 Å². The molecule has 0 bridgehead atoms. The lowest BCUT2D eigenvalue weighted by Crippen LogP contribution is -2.53. The molecule has 124 valence electrons. The Kier molecular flexibility index (Phi) is 5.05. The van der Waals surface area contributed by atoms with Crippen molar-refractivity contribution in [1.29, 1.82) is 0 Å². The third kappa shape index (κ3) is 3.53. The van der Waals surface area contributed by atoms with Crippen molar-refractivity contribution in [3.8, 4) is 5.69 Å². The molecule has 0 atom stereocenters. The van der Waals surface area contributed by atoms with E-state index in [-0.39, 0.29) is 17.2 Å². The topological polar surface area (TPSA) is 92.9 Å². The molecule has 23 heavy (non-hydrogen) atoms. The van der Waals surface area contributed by atoms with Gasteiger partial charge in [-0.25, -0.2) is 4.68 Å². The van der Waals surface area contributed by atoms with Crippen LogP contribution in [0.4, 0.5) is 0 Å². The first kappa shape index (κ1) is 17.0. The van der Waals surface area contributed by atoms with Crippen LogP contribution in [0, 0.1) is 6.92 Å². The van der Waals surface area contributed by atoms with Gasteiger partial charge in [-0.15, -0.1) is 0 Å². The Morgan fingerprint density at radius 1 is 1.26 bits per heavy atom. The van der Waals surface area contributed by atoms with Gasteiger partial charge in [-0.2, -0.15) is 0 Å². The maximum atomic E-state index is 12.4. The van der Waals surface area contributed by atoms with Crippen LogP contribution >= 0.6 is 0 Å². The molecule has 0 fully saturated rings. The monoisotopic (exact) mass is 316 g/mol. The largest absolute Gasteiger partial charge is 0.344 e. The molecule has 1 aromatic carbocycles. The highest BCUT2D eigenvalue weighted by Crippen LogP contribution is 2.14. The van der Waals surface area contributed by atoms with E-state index in [1.54, 1.807) is 0 Å². The van der Waals surface area contributed by atoms with E-state index in [9.17, 15) is 9.59 Å². The van der Waals surface area contributed by atoms with Crippen molar-refractivity contribution in [3.63, 3.8) is 0 Å². The van der Waals surface area contributed by atoms with Crippen molar-refractivity contribution in [2.75, 3.05) is 6.54 Å². The van der Waals surface area contributed by atoms with Crippen molar-refractivity contribution in [2.45, 2.75) is 39.2 Å². The zero-order valence-electron chi connectivity index (χ0n) is 13.8. The third-order valence-corrected chi connectivity index (χ3v) is 4.38. The summed E-state index contributed by atoms with van der Waals surface area (Å²) in [6, 6.07) is 8.79. The quantitative estimate of drug-likeness (QED) is 0.757. The van der Waals surface area contributed by atoms with E-state index in [0.29, 0.717) is 12.2 Å². The SMILES string of the molecule is CCC(CC)(CN)NC(=O)c1cc(=O)n(-c2ccc(C)cc2)[nH]1. The number of hydrogen-bond donors (Lipinski definition) is 3. The van der Waals surface area contributed by atoms with E-state index in [1.807, 2.05) is 45.0 Å². The van der Waals surface area contributed by atoms with Crippen LogP contribution in [-0.2, 0) is 0 Å². The second kappa shape index (κ2) is 6.83. The molecule has 0 saturated heterocycles. The summed E-state index contributed by atoms with van der Waals surface area (Å²) in [6.07, 6.45) is 1.46. The van der Waals surface area contributed by atoms with E-state index in [4.69, 9.17) is 5.73 Å². The minimum Gasteiger partial charge on any atom is -0.344 e. The fourth-order valence-electron chi connectivity index (χ4n) is 2.47. The van der Waals surface area contributed by atoms with Gasteiger partial charge in [0.2, 0.25) is 0 Å². The molecule has 0 aliphatic heterocycles. The molecular weight excluding hydrogens is 292 g/mol. The molecule has 4 N–H and O–H groups in total. The van der Waals surface area contributed by atoms with Crippen LogP contribution in [0.15, 0.2) is 35.1 Å². The molecule has 0 aliphatic rings. The van der Waals surface area contributed by atoms with E-state index in [0.717, 1.165) is 18.4 Å². The lowest BCUT2D eigenvalue weighted by molar-refractivity contribution is 0.0889. The Labute approximate surface area is 135 Å². The van der Waals surface area contributed by atoms with Gasteiger partial charge in [0.1, 0.15) is 5.69 Å². The summed E-state index contributed by atoms with van der Waals surface area (Å²) in [5.41, 5.74) is 7.11. The second-order valence-corrected chi connectivity index (χ2v) is 5.82. The molecule has 0 spiro atoms. The van der Waals surface area contributed by atoms with E-state index in [1.165, 1.54) is 10.7 Å². The van der Waals surface area contributed by atoms with Crippen molar-refractivity contribution in [2.24, 2.45) is 5.73 Å². The van der Waals surface area contributed by atoms with Crippen molar-refractivity contribution >= 4 is 5.91 Å². The molecule has 0 saturated carbocycles. The minimum absolute atomic E-state index is 0.232. The van der Waals surface area contributed by atoms with Crippen LogP contribution < -0.4 is 16.6 Å². The van der Waals surface area contributed by atoms with E-state index < -0.39 is 5.54 Å². The van der Waals surface area contributed by atoms with Crippen molar-refractivity contribution in [1.82, 2.24) is 15.1 Å². The summed E-state index contributed by atoms with van der Waals surface area (Å²) in [7, 11) is 0. The average molecular weight is 316 g/mol. The van der Waals surface area contributed by atoms with Gasteiger partial charge in [0.05, 0.1) is 11.2 Å². The van der Waals surface area contributed by atoms with Crippen LogP contribution in [0.1, 0.15) is 42.7 Å². The van der Waals surface area contributed by atoms with Crippen LogP contribution in [0.5, 0.6) is 0 Å². The van der Waals surface area contributed by atoms with Gasteiger partial charge in [-0.05, 0) is 31.9 Å². The molecule has 6 nitrogen and oxygen atoms in total. The number of aryl methyl sites for hydroxylation is 1. The lowest BCUT2D eigenvalue weighted by Gasteiger charge is -2.31. The summed E-state index contributed by atoms with van der Waals surface area (Å²) in [6.45, 7) is 6.30. The Hall–Kier alpha value is -2.34. The predicted octanol–water partition coefficient (Wildman–Crippen LogP) is 1.72. The van der Waals surface area contributed by atoms with Crippen LogP contribution in [0.2, 0.25) is 0 Å². The summed E-state index contributed by atoms with van der Waals surface area (Å²) < 4.78 is 1.36. The highest BCUT2D eigenvalue weighted by molar-refractivity contribution is 5.92. The second-order valence-electron chi connectivity index (χ2n) is 5.82. The average Bonchev–Trinajstić information content (AvgIpc) is 2.95. The van der Waals surface area contributed by atoms with Gasteiger partial charge in [0.15, 0.2) is 0 Å². The number of hydrogen-bond acceptors (Lipinski definition) is 3. The number of amides is 1. The standard InChI is InChI=1S/C17H24N4O2/c1-4-17(5-2,11-18)19-16(23)14-10-15(22)21(20-14)13-8-6-12(3)7-9-13/h6-10,20H,4-5,11,18H2,1-3H3,(H,19,23). The van der Waals surface area contributed by atoms with Crippen molar-refractivity contribution < 1.29 is 4.79 Å². The Morgan fingerprint density at radius 3 is 2.39 bits per heavy atom. The van der Waals surface area contributed by atoms with Crippen LogP contribution in [0.25, 0.3) is 5.69 Å². The Balaban J connectivity index is 2.28. The number of aromatic amines is 1. The third-order valence-electron chi connectivity index (χ3n) is 4.38. The number of nitrogens with one attached hydrogen (secondary N) is 2. The number of aromatic nitrogens is 2. The van der Waals surface area contributed by atoms with Gasteiger partial charge in [0, 0.05) is 12.6 Å². The van der Waals surface area contributed by atoms with Gasteiger partial charge in [-0.1, -0.05) is 31.5 Å². The van der Waals surface area contributed by atoms with Crippen LogP contribution in [0.3, 0.4) is 0 Å². The molecule has 1 aromatic heterocycles. The minimum atomic E-state index is -0.445. The number of nitrogens with two attached hydrogens (primary N) is 1. The number of H-pyrrole nitrogens is 1. The molecule has 0 aliphatic carbocycles. The summed E-state index contributed by atoms with van der Waals surface area (Å²) >= 11 is 0. The first-order valence-corrected chi connectivity index (χ1v) is 7.86. The first-order chi connectivity index (χ1) is 10.9. The molecule has 1 heterocycles. The van der Waals surface area contributed by atoms with Crippen LogP contribution in [-0.4, -0.2) is 27.8 Å². The maximum Gasteiger partial charge on any atom is 0.271 e. The van der Waals surface area contributed by atoms with Crippen molar-refractivity contribution in [3.05, 3.63) is 51.9 Å². The summed E-state index contributed by atoms with van der Waals surface area (Å²) in [4.78, 5) is 24.6. The summed E-state index contributed by atoms with van der Waals surface area (Å²) in [5.74, 6) is -0.317. The van der Waals surface area contributed by atoms with Gasteiger partial charge in [0.25, 0.3) is 11.5 Å². The Bertz CT molecular complexity index is 716. The molecule has 6 heteroatoms.